The number of carbonyl (C=O) groups excluding carboxylic acids is 1. The number of carbonyl (C=O) groups is 1. The van der Waals surface area contributed by atoms with Gasteiger partial charge in [-0.1, -0.05) is 12.1 Å². The Hall–Kier alpha value is -2.77. The SMILES string of the molecule is C[C@@H](C(=O)Nc1ccccc1F)n1cc([N+](=O)[O-])cn1. The minimum absolute atomic E-state index is 0.0472. The van der Waals surface area contributed by atoms with E-state index in [0.29, 0.717) is 0 Å². The Morgan fingerprint density at radius 3 is 2.80 bits per heavy atom. The maximum atomic E-state index is 13.4. The number of anilines is 1. The standard InChI is InChI=1S/C12H11FN4O3/c1-8(16-7-9(6-14-16)17(19)20)12(18)15-11-5-3-2-4-10(11)13/h2-8H,1H3,(H,15,18)/t8-/m0/s1. The molecule has 0 aliphatic heterocycles. The van der Waals surface area contributed by atoms with Gasteiger partial charge in [-0.15, -0.1) is 0 Å². The van der Waals surface area contributed by atoms with Crippen molar-refractivity contribution in [3.8, 4) is 0 Å². The van der Waals surface area contributed by atoms with E-state index in [1.165, 1.54) is 25.1 Å². The molecule has 0 spiro atoms. The summed E-state index contributed by atoms with van der Waals surface area (Å²) < 4.78 is 14.5. The number of nitrogens with one attached hydrogen (secondary N) is 1. The molecule has 2 aromatic rings. The third-order valence-corrected chi connectivity index (χ3v) is 2.71. The van der Waals surface area contributed by atoms with Crippen LogP contribution in [0, 0.1) is 15.9 Å². The van der Waals surface area contributed by atoms with Crippen LogP contribution in [-0.2, 0) is 4.79 Å². The summed E-state index contributed by atoms with van der Waals surface area (Å²) in [6.07, 6.45) is 2.19. The van der Waals surface area contributed by atoms with Crippen LogP contribution in [0.5, 0.6) is 0 Å². The first kappa shape index (κ1) is 13.7. The highest BCUT2D eigenvalue weighted by atomic mass is 19.1. The van der Waals surface area contributed by atoms with Gasteiger partial charge in [0.1, 0.15) is 24.3 Å². The third kappa shape index (κ3) is 2.79. The molecule has 20 heavy (non-hydrogen) atoms. The number of rotatable bonds is 4. The highest BCUT2D eigenvalue weighted by Gasteiger charge is 2.19. The predicted octanol–water partition coefficient (Wildman–Crippen LogP) is 2.13. The van der Waals surface area contributed by atoms with Crippen LogP contribution in [-0.4, -0.2) is 20.6 Å². The number of halogens is 1. The number of aromatic nitrogens is 2. The molecule has 8 heteroatoms. The van der Waals surface area contributed by atoms with Crippen molar-refractivity contribution in [1.82, 2.24) is 9.78 Å². The average molecular weight is 278 g/mol. The fraction of sp³-hybridized carbons (Fsp3) is 0.167. The van der Waals surface area contributed by atoms with Crippen molar-refractivity contribution in [3.63, 3.8) is 0 Å². The summed E-state index contributed by atoms with van der Waals surface area (Å²) in [5.41, 5.74) is -0.165. The number of hydrogen-bond acceptors (Lipinski definition) is 4. The topological polar surface area (TPSA) is 90.1 Å². The zero-order valence-corrected chi connectivity index (χ0v) is 10.5. The molecule has 0 saturated heterocycles. The number of amides is 1. The summed E-state index contributed by atoms with van der Waals surface area (Å²) in [6, 6.07) is 4.93. The van der Waals surface area contributed by atoms with Gasteiger partial charge >= 0.3 is 5.69 Å². The molecule has 0 unspecified atom stereocenters. The van der Waals surface area contributed by atoms with E-state index >= 15 is 0 Å². The van der Waals surface area contributed by atoms with Gasteiger partial charge < -0.3 is 5.32 Å². The van der Waals surface area contributed by atoms with Crippen LogP contribution in [0.3, 0.4) is 0 Å². The quantitative estimate of drug-likeness (QED) is 0.685. The molecular weight excluding hydrogens is 267 g/mol. The molecule has 1 aromatic carbocycles. The van der Waals surface area contributed by atoms with E-state index in [2.05, 4.69) is 10.4 Å². The van der Waals surface area contributed by atoms with Crippen molar-refractivity contribution in [2.75, 3.05) is 5.32 Å². The van der Waals surface area contributed by atoms with Crippen LogP contribution >= 0.6 is 0 Å². The number of benzene rings is 1. The lowest BCUT2D eigenvalue weighted by atomic mass is 10.2. The summed E-state index contributed by atoms with van der Waals surface area (Å²) in [7, 11) is 0. The zero-order valence-electron chi connectivity index (χ0n) is 10.5. The number of para-hydroxylation sites is 1. The Balaban J connectivity index is 2.12. The molecule has 1 amide bonds. The fourth-order valence-corrected chi connectivity index (χ4v) is 1.55. The van der Waals surface area contributed by atoms with E-state index in [-0.39, 0.29) is 11.4 Å². The van der Waals surface area contributed by atoms with Gasteiger partial charge in [0.25, 0.3) is 0 Å². The highest BCUT2D eigenvalue weighted by Crippen LogP contribution is 2.17. The Bertz CT molecular complexity index is 656. The van der Waals surface area contributed by atoms with Crippen LogP contribution in [0.1, 0.15) is 13.0 Å². The van der Waals surface area contributed by atoms with Gasteiger partial charge in [-0.3, -0.25) is 19.6 Å². The molecule has 1 atom stereocenters. The zero-order chi connectivity index (χ0) is 14.7. The van der Waals surface area contributed by atoms with Gasteiger partial charge in [0.05, 0.1) is 10.6 Å². The van der Waals surface area contributed by atoms with Crippen LogP contribution in [0.15, 0.2) is 36.7 Å². The van der Waals surface area contributed by atoms with E-state index in [1.807, 2.05) is 0 Å². The molecule has 1 N–H and O–H groups in total. The van der Waals surface area contributed by atoms with Crippen molar-refractivity contribution in [3.05, 3.63) is 52.6 Å². The molecule has 2 rings (SSSR count). The lowest BCUT2D eigenvalue weighted by Crippen LogP contribution is -2.24. The first-order valence-electron chi connectivity index (χ1n) is 5.73. The monoisotopic (exact) mass is 278 g/mol. The number of nitrogens with zero attached hydrogens (tertiary/aromatic N) is 3. The molecule has 0 bridgehead atoms. The molecule has 0 fully saturated rings. The third-order valence-electron chi connectivity index (χ3n) is 2.71. The lowest BCUT2D eigenvalue weighted by Gasteiger charge is -2.12. The maximum Gasteiger partial charge on any atom is 0.307 e. The van der Waals surface area contributed by atoms with Gasteiger partial charge in [0.15, 0.2) is 0 Å². The van der Waals surface area contributed by atoms with E-state index in [1.54, 1.807) is 6.07 Å². The van der Waals surface area contributed by atoms with Crippen molar-refractivity contribution in [2.45, 2.75) is 13.0 Å². The molecule has 0 saturated carbocycles. The van der Waals surface area contributed by atoms with Gasteiger partial charge in [0.2, 0.25) is 5.91 Å². The normalized spacial score (nSPS) is 11.9. The van der Waals surface area contributed by atoms with E-state index in [9.17, 15) is 19.3 Å². The van der Waals surface area contributed by atoms with Crippen LogP contribution in [0.2, 0.25) is 0 Å². The number of nitro groups is 1. The minimum Gasteiger partial charge on any atom is -0.322 e. The van der Waals surface area contributed by atoms with E-state index < -0.39 is 22.7 Å². The molecule has 0 radical (unpaired) electrons. The van der Waals surface area contributed by atoms with Gasteiger partial charge in [-0.05, 0) is 19.1 Å². The van der Waals surface area contributed by atoms with Gasteiger partial charge in [-0.2, -0.15) is 5.10 Å². The number of hydrogen-bond donors (Lipinski definition) is 1. The fourth-order valence-electron chi connectivity index (χ4n) is 1.55. The van der Waals surface area contributed by atoms with Crippen LogP contribution < -0.4 is 5.32 Å². The van der Waals surface area contributed by atoms with Crippen molar-refractivity contribution in [1.29, 1.82) is 0 Å². The minimum atomic E-state index is -0.802. The maximum absolute atomic E-state index is 13.4. The molecular formula is C12H11FN4O3. The summed E-state index contributed by atoms with van der Waals surface area (Å²) in [4.78, 5) is 21.9. The second-order valence-electron chi connectivity index (χ2n) is 4.08. The Labute approximate surface area is 113 Å². The van der Waals surface area contributed by atoms with Crippen molar-refractivity contribution in [2.24, 2.45) is 0 Å². The molecule has 0 aliphatic carbocycles. The second-order valence-corrected chi connectivity index (χ2v) is 4.08. The highest BCUT2D eigenvalue weighted by molar-refractivity contribution is 5.93. The van der Waals surface area contributed by atoms with Crippen molar-refractivity contribution < 1.29 is 14.1 Å². The largest absolute Gasteiger partial charge is 0.322 e. The first-order valence-corrected chi connectivity index (χ1v) is 5.73. The average Bonchev–Trinajstić information content (AvgIpc) is 2.90. The predicted molar refractivity (Wildman–Crippen MR) is 68.6 cm³/mol. The van der Waals surface area contributed by atoms with Crippen molar-refractivity contribution >= 4 is 17.3 Å². The second kappa shape index (κ2) is 5.47. The molecule has 104 valence electrons. The van der Waals surface area contributed by atoms with E-state index in [0.717, 1.165) is 17.1 Å². The first-order chi connectivity index (χ1) is 9.49. The molecule has 7 nitrogen and oxygen atoms in total. The summed E-state index contributed by atoms with van der Waals surface area (Å²) in [6.45, 7) is 1.51. The Morgan fingerprint density at radius 2 is 2.20 bits per heavy atom. The molecule has 1 aromatic heterocycles. The molecule has 1 heterocycles. The molecule has 0 aliphatic rings. The van der Waals surface area contributed by atoms with Crippen LogP contribution in [0.25, 0.3) is 0 Å². The lowest BCUT2D eigenvalue weighted by molar-refractivity contribution is -0.385. The van der Waals surface area contributed by atoms with E-state index in [4.69, 9.17) is 0 Å². The summed E-state index contributed by atoms with van der Waals surface area (Å²) in [5.74, 6) is -1.08. The smallest absolute Gasteiger partial charge is 0.307 e. The summed E-state index contributed by atoms with van der Waals surface area (Å²) in [5, 5.41) is 16.7. The summed E-state index contributed by atoms with van der Waals surface area (Å²) >= 11 is 0. The van der Waals surface area contributed by atoms with Gasteiger partial charge in [0, 0.05) is 0 Å². The Kier molecular flexibility index (Phi) is 3.74. The van der Waals surface area contributed by atoms with Crippen LogP contribution in [0.4, 0.5) is 15.8 Å². The Morgan fingerprint density at radius 1 is 1.50 bits per heavy atom. The van der Waals surface area contributed by atoms with Gasteiger partial charge in [-0.25, -0.2) is 4.39 Å².